The Bertz CT molecular complexity index is 1080. The van der Waals surface area contributed by atoms with Gasteiger partial charge in [-0.2, -0.15) is 5.26 Å². The van der Waals surface area contributed by atoms with Gasteiger partial charge >= 0.3 is 17.9 Å². The van der Waals surface area contributed by atoms with Gasteiger partial charge in [0.1, 0.15) is 11.6 Å². The molecule has 0 aromatic heterocycles. The van der Waals surface area contributed by atoms with E-state index in [-0.39, 0.29) is 31.0 Å². The van der Waals surface area contributed by atoms with Crippen LogP contribution in [0, 0.1) is 11.3 Å². The van der Waals surface area contributed by atoms with Crippen molar-refractivity contribution in [2.45, 2.75) is 82.0 Å². The van der Waals surface area contributed by atoms with E-state index in [9.17, 15) is 24.4 Å². The van der Waals surface area contributed by atoms with Crippen LogP contribution in [-0.2, 0) is 24.5 Å². The van der Waals surface area contributed by atoms with Crippen LogP contribution in [0.4, 0.5) is 10.5 Å². The van der Waals surface area contributed by atoms with Crippen LogP contribution in [0.2, 0.25) is 0 Å². The molecular weight excluding hydrogens is 450 g/mol. The number of carbonyl (C=O) groups is 4. The summed E-state index contributed by atoms with van der Waals surface area (Å²) in [5.41, 5.74) is -0.188. The smallest absolute Gasteiger partial charge is 0.407 e. The second-order valence-corrected chi connectivity index (χ2v) is 10.5. The molecule has 2 fully saturated rings. The number of hydrogen-bond acceptors (Lipinski definition) is 6. The third-order valence-electron chi connectivity index (χ3n) is 6.87. The van der Waals surface area contributed by atoms with E-state index in [1.54, 1.807) is 26.8 Å². The largest absolute Gasteiger partial charge is 0.444 e. The molecule has 10 heteroatoms. The molecule has 1 aromatic carbocycles. The molecule has 2 heterocycles. The second-order valence-electron chi connectivity index (χ2n) is 10.5. The van der Waals surface area contributed by atoms with Gasteiger partial charge in [-0.3, -0.25) is 14.4 Å². The number of fused-ring (bicyclic) bond motifs is 2. The zero-order valence-corrected chi connectivity index (χ0v) is 20.2. The quantitative estimate of drug-likeness (QED) is 0.552. The van der Waals surface area contributed by atoms with E-state index in [0.29, 0.717) is 31.4 Å². The van der Waals surface area contributed by atoms with E-state index in [4.69, 9.17) is 4.74 Å². The van der Waals surface area contributed by atoms with Crippen molar-refractivity contribution >= 4 is 29.5 Å². The molecule has 4 amide bonds. The first-order valence-electron chi connectivity index (χ1n) is 11.9. The molecule has 1 saturated carbocycles. The Kier molecular flexibility index (Phi) is 6.45. The van der Waals surface area contributed by atoms with Gasteiger partial charge in [-0.05, 0) is 58.1 Å². The Morgan fingerprint density at radius 1 is 1.11 bits per heavy atom. The molecule has 0 radical (unpaired) electrons. The van der Waals surface area contributed by atoms with Gasteiger partial charge in [0, 0.05) is 30.7 Å². The van der Waals surface area contributed by atoms with Crippen molar-refractivity contribution < 1.29 is 23.9 Å². The topological polar surface area (TPSA) is 141 Å². The molecule has 1 aromatic rings. The molecule has 2 aliphatic heterocycles. The van der Waals surface area contributed by atoms with E-state index >= 15 is 0 Å². The maximum Gasteiger partial charge on any atom is 0.407 e. The zero-order valence-electron chi connectivity index (χ0n) is 20.2. The zero-order chi connectivity index (χ0) is 25.4. The molecule has 10 nitrogen and oxygen atoms in total. The number of hydrogen-bond donors (Lipinski definition) is 3. The van der Waals surface area contributed by atoms with Crippen LogP contribution in [0.25, 0.3) is 0 Å². The fraction of sp³-hybridized carbons (Fsp3) is 0.560. The average Bonchev–Trinajstić information content (AvgIpc) is 3.32. The summed E-state index contributed by atoms with van der Waals surface area (Å²) in [6.45, 7) is 5.37. The van der Waals surface area contributed by atoms with E-state index in [2.05, 4.69) is 22.0 Å². The van der Waals surface area contributed by atoms with Gasteiger partial charge < -0.3 is 25.6 Å². The Hall–Kier alpha value is -3.61. The van der Waals surface area contributed by atoms with Crippen molar-refractivity contribution in [3.05, 3.63) is 29.8 Å². The summed E-state index contributed by atoms with van der Waals surface area (Å²) >= 11 is 0. The number of anilines is 1. The van der Waals surface area contributed by atoms with Crippen molar-refractivity contribution in [1.29, 1.82) is 5.26 Å². The molecule has 1 aliphatic carbocycles. The first-order valence-corrected chi connectivity index (χ1v) is 11.9. The molecule has 35 heavy (non-hydrogen) atoms. The third-order valence-corrected chi connectivity index (χ3v) is 6.87. The van der Waals surface area contributed by atoms with Crippen LogP contribution in [-0.4, -0.2) is 59.0 Å². The van der Waals surface area contributed by atoms with E-state index in [1.165, 1.54) is 4.90 Å². The number of nitrogens with zero attached hydrogens (tertiary/aromatic N) is 2. The number of likely N-dealkylation sites (tertiary alicyclic amines) is 1. The Labute approximate surface area is 204 Å². The minimum absolute atomic E-state index is 0.0210. The average molecular weight is 482 g/mol. The van der Waals surface area contributed by atoms with Crippen molar-refractivity contribution in [2.75, 3.05) is 11.9 Å². The standard InChI is InChI=1S/C25H31N5O5/c1-24(2,3)35-23(34)28-16-10-8-15(9-11-16)27-20(31)21(32)30-14-25(12-17(30)13-26)18-6-4-5-7-19(18)29-22(25)33/h4-7,15-17H,8-12,14H2,1-3H3,(H,27,31)(H,28,34)(H,29,33)/t15?,16?,17?,25-/m0/s1. The number of para-hydroxylation sites is 1. The summed E-state index contributed by atoms with van der Waals surface area (Å²) in [5.74, 6) is -1.84. The van der Waals surface area contributed by atoms with Gasteiger partial charge in [-0.25, -0.2) is 4.79 Å². The normalized spacial score (nSPS) is 27.5. The number of ether oxygens (including phenoxy) is 1. The fourth-order valence-corrected chi connectivity index (χ4v) is 5.20. The van der Waals surface area contributed by atoms with Crippen LogP contribution < -0.4 is 16.0 Å². The highest BCUT2D eigenvalue weighted by molar-refractivity contribution is 6.35. The SMILES string of the molecule is CC(C)(C)OC(=O)NC1CCC(NC(=O)C(=O)N2C[C@]3(CC2C#N)C(=O)Nc2ccccc23)CC1. The third kappa shape index (κ3) is 4.94. The minimum atomic E-state index is -1.03. The summed E-state index contributed by atoms with van der Waals surface area (Å²) in [6.07, 6.45) is 2.16. The highest BCUT2D eigenvalue weighted by Gasteiger charge is 2.56. The number of rotatable bonds is 2. The highest BCUT2D eigenvalue weighted by Crippen LogP contribution is 2.46. The lowest BCUT2D eigenvalue weighted by molar-refractivity contribution is -0.146. The predicted octanol–water partition coefficient (Wildman–Crippen LogP) is 1.95. The van der Waals surface area contributed by atoms with Crippen LogP contribution in [0.15, 0.2) is 24.3 Å². The first kappa shape index (κ1) is 24.5. The summed E-state index contributed by atoms with van der Waals surface area (Å²) in [5, 5.41) is 18.1. The maximum atomic E-state index is 13.0. The molecule has 3 N–H and O–H groups in total. The molecule has 1 saturated heterocycles. The molecule has 1 spiro atoms. The van der Waals surface area contributed by atoms with Crippen molar-refractivity contribution in [3.63, 3.8) is 0 Å². The molecule has 2 atom stereocenters. The molecule has 0 bridgehead atoms. The summed E-state index contributed by atoms with van der Waals surface area (Å²) in [6, 6.07) is 8.17. The van der Waals surface area contributed by atoms with Gasteiger partial charge in [0.25, 0.3) is 0 Å². The number of nitriles is 1. The monoisotopic (exact) mass is 481 g/mol. The van der Waals surface area contributed by atoms with Gasteiger partial charge in [-0.15, -0.1) is 0 Å². The molecule has 1 unspecified atom stereocenters. The number of nitrogens with one attached hydrogen (secondary N) is 3. The van der Waals surface area contributed by atoms with Crippen LogP contribution in [0.1, 0.15) is 58.4 Å². The molecule has 186 valence electrons. The second kappa shape index (κ2) is 9.21. The summed E-state index contributed by atoms with van der Waals surface area (Å²) in [7, 11) is 0. The van der Waals surface area contributed by atoms with E-state index in [0.717, 1.165) is 5.56 Å². The molecule has 4 rings (SSSR count). The highest BCUT2D eigenvalue weighted by atomic mass is 16.6. The van der Waals surface area contributed by atoms with Crippen molar-refractivity contribution in [2.24, 2.45) is 0 Å². The predicted molar refractivity (Wildman–Crippen MR) is 126 cm³/mol. The number of benzene rings is 1. The van der Waals surface area contributed by atoms with Crippen LogP contribution in [0.3, 0.4) is 0 Å². The fourth-order valence-electron chi connectivity index (χ4n) is 5.20. The Balaban J connectivity index is 1.34. The van der Waals surface area contributed by atoms with E-state index in [1.807, 2.05) is 18.2 Å². The van der Waals surface area contributed by atoms with Gasteiger partial charge in [0.15, 0.2) is 0 Å². The Morgan fingerprint density at radius 3 is 2.37 bits per heavy atom. The number of amides is 4. The molecule has 3 aliphatic rings. The maximum absolute atomic E-state index is 13.0. The lowest BCUT2D eigenvalue weighted by Crippen LogP contribution is -2.50. The lowest BCUT2D eigenvalue weighted by Gasteiger charge is -2.31. The first-order chi connectivity index (χ1) is 16.5. The van der Waals surface area contributed by atoms with Gasteiger partial charge in [0.05, 0.1) is 11.5 Å². The Morgan fingerprint density at radius 2 is 1.74 bits per heavy atom. The summed E-state index contributed by atoms with van der Waals surface area (Å²) < 4.78 is 5.29. The van der Waals surface area contributed by atoms with Crippen molar-refractivity contribution in [1.82, 2.24) is 15.5 Å². The van der Waals surface area contributed by atoms with Gasteiger partial charge in [0.2, 0.25) is 5.91 Å². The molecular formula is C25H31N5O5. The van der Waals surface area contributed by atoms with Crippen LogP contribution >= 0.6 is 0 Å². The minimum Gasteiger partial charge on any atom is -0.444 e. The van der Waals surface area contributed by atoms with E-state index < -0.39 is 35.0 Å². The van der Waals surface area contributed by atoms with Crippen molar-refractivity contribution in [3.8, 4) is 6.07 Å². The summed E-state index contributed by atoms with van der Waals surface area (Å²) in [4.78, 5) is 51.9. The number of carbonyl (C=O) groups excluding carboxylic acids is 4. The lowest BCUT2D eigenvalue weighted by atomic mass is 9.80. The van der Waals surface area contributed by atoms with Gasteiger partial charge in [-0.1, -0.05) is 18.2 Å². The van der Waals surface area contributed by atoms with Crippen LogP contribution in [0.5, 0.6) is 0 Å². The number of alkyl carbamates (subject to hydrolysis) is 1.